The maximum atomic E-state index is 2.59. The van der Waals surface area contributed by atoms with Crippen molar-refractivity contribution in [3.63, 3.8) is 0 Å². The van der Waals surface area contributed by atoms with Crippen molar-refractivity contribution in [1.29, 1.82) is 0 Å². The van der Waals surface area contributed by atoms with Crippen molar-refractivity contribution in [1.82, 2.24) is 0 Å². The minimum Gasteiger partial charge on any atom is -0.205 e. The molecular formula is C52H100N+. The van der Waals surface area contributed by atoms with Crippen molar-refractivity contribution < 1.29 is 4.57 Å². The summed E-state index contributed by atoms with van der Waals surface area (Å²) in [6, 6.07) is 2.59. The Kier molecular flexibility index (Phi) is 40.0. The molecule has 1 heteroatoms. The molecule has 0 bridgehead atoms. The van der Waals surface area contributed by atoms with Gasteiger partial charge in [-0.3, -0.25) is 0 Å². The molecule has 0 aliphatic rings. The molecule has 0 fully saturated rings. The van der Waals surface area contributed by atoms with Gasteiger partial charge in [0.25, 0.3) is 0 Å². The number of aromatic nitrogens is 1. The van der Waals surface area contributed by atoms with Gasteiger partial charge in [0, 0.05) is 17.5 Å². The van der Waals surface area contributed by atoms with Crippen LogP contribution in [0.3, 0.4) is 0 Å². The third-order valence-electron chi connectivity index (χ3n) is 12.2. The first-order valence-electron chi connectivity index (χ1n) is 25.3. The lowest BCUT2D eigenvalue weighted by atomic mass is 10.0. The summed E-state index contributed by atoms with van der Waals surface area (Å²) < 4.78 is 2.59. The molecular weight excluding hydrogens is 639 g/mol. The van der Waals surface area contributed by atoms with E-state index in [1.54, 1.807) is 11.1 Å². The van der Waals surface area contributed by atoms with E-state index >= 15 is 0 Å². The fraction of sp³-hybridized carbons (Fsp3) is 0.904. The van der Waals surface area contributed by atoms with Crippen LogP contribution in [0, 0.1) is 0 Å². The molecule has 0 aliphatic carbocycles. The molecule has 1 nitrogen and oxygen atoms in total. The second-order valence-corrected chi connectivity index (χ2v) is 17.7. The van der Waals surface area contributed by atoms with Gasteiger partial charge in [0.05, 0.1) is 0 Å². The van der Waals surface area contributed by atoms with Crippen LogP contribution in [0.15, 0.2) is 18.5 Å². The number of unbranched alkanes of at least 4 members (excludes halogenated alkanes) is 38. The average molecular weight is 739 g/mol. The van der Waals surface area contributed by atoms with E-state index in [2.05, 4.69) is 43.8 Å². The van der Waals surface area contributed by atoms with Crippen LogP contribution in [0.1, 0.15) is 295 Å². The molecule has 0 spiro atoms. The van der Waals surface area contributed by atoms with E-state index in [1.807, 2.05) is 0 Å². The second kappa shape index (κ2) is 42.3. The van der Waals surface area contributed by atoms with Crippen LogP contribution in [0.2, 0.25) is 0 Å². The van der Waals surface area contributed by atoms with Gasteiger partial charge >= 0.3 is 0 Å². The first-order valence-corrected chi connectivity index (χ1v) is 25.3. The number of rotatable bonds is 44. The molecule has 1 heterocycles. The summed E-state index contributed by atoms with van der Waals surface area (Å²) in [6.07, 6.45) is 66.8. The molecule has 53 heavy (non-hydrogen) atoms. The quantitative estimate of drug-likeness (QED) is 0.0464. The largest absolute Gasteiger partial charge is 0.205 e. The Morgan fingerprint density at radius 3 is 0.717 bits per heavy atom. The van der Waals surface area contributed by atoms with Gasteiger partial charge in [0.1, 0.15) is 6.54 Å². The van der Waals surface area contributed by atoms with Crippen molar-refractivity contribution in [2.45, 2.75) is 303 Å². The third kappa shape index (κ3) is 36.5. The fourth-order valence-electron chi connectivity index (χ4n) is 8.54. The smallest absolute Gasteiger partial charge is 0.171 e. The van der Waals surface area contributed by atoms with Crippen LogP contribution >= 0.6 is 0 Å². The van der Waals surface area contributed by atoms with Gasteiger partial charge in [0.2, 0.25) is 0 Å². The normalized spacial score (nSPS) is 11.6. The SMILES string of the molecule is CCCCCCCCCCCCCCCCCCC[n+]1cc(CCCCCCCCCCCCCC)cc(CCCCCCCCCCCCCC)c1. The summed E-state index contributed by atoms with van der Waals surface area (Å²) in [4.78, 5) is 0. The molecule has 0 saturated carbocycles. The summed E-state index contributed by atoms with van der Waals surface area (Å²) in [5.74, 6) is 0. The zero-order chi connectivity index (χ0) is 38.0. The van der Waals surface area contributed by atoms with E-state index in [9.17, 15) is 0 Å². The molecule has 0 radical (unpaired) electrons. The first kappa shape index (κ1) is 50.2. The van der Waals surface area contributed by atoms with Gasteiger partial charge in [0.15, 0.2) is 12.4 Å². The van der Waals surface area contributed by atoms with Gasteiger partial charge in [-0.05, 0) is 38.2 Å². The second-order valence-electron chi connectivity index (χ2n) is 17.7. The Labute approximate surface area is 336 Å². The van der Waals surface area contributed by atoms with E-state index in [4.69, 9.17) is 0 Å². The zero-order valence-electron chi connectivity index (χ0n) is 37.3. The molecule has 0 aromatic carbocycles. The van der Waals surface area contributed by atoms with Crippen LogP contribution in [-0.4, -0.2) is 0 Å². The number of hydrogen-bond donors (Lipinski definition) is 0. The monoisotopic (exact) mass is 739 g/mol. The molecule has 1 aromatic heterocycles. The van der Waals surface area contributed by atoms with Gasteiger partial charge in [-0.15, -0.1) is 0 Å². The van der Waals surface area contributed by atoms with Crippen LogP contribution in [0.4, 0.5) is 0 Å². The third-order valence-corrected chi connectivity index (χ3v) is 12.2. The minimum absolute atomic E-state index is 1.22. The Morgan fingerprint density at radius 2 is 0.472 bits per heavy atom. The molecule has 312 valence electrons. The molecule has 0 N–H and O–H groups in total. The molecule has 1 aromatic rings. The summed E-state index contributed by atoms with van der Waals surface area (Å²) in [7, 11) is 0. The summed E-state index contributed by atoms with van der Waals surface area (Å²) in [5, 5.41) is 0. The lowest BCUT2D eigenvalue weighted by Gasteiger charge is -2.08. The fourth-order valence-corrected chi connectivity index (χ4v) is 8.54. The summed E-state index contributed by atoms with van der Waals surface area (Å²) >= 11 is 0. The van der Waals surface area contributed by atoms with E-state index in [0.29, 0.717) is 0 Å². The standard InChI is InChI=1S/C52H100N/c1-4-7-10-13-16-19-22-25-26-27-28-29-32-35-38-41-44-47-53-49-51(45-42-39-36-33-30-23-20-17-14-11-8-5-2)48-52(50-53)46-43-40-37-34-31-24-21-18-15-12-9-6-3/h48-50H,4-47H2,1-3H3/q+1. The highest BCUT2D eigenvalue weighted by molar-refractivity contribution is 5.15. The Balaban J connectivity index is 2.27. The zero-order valence-corrected chi connectivity index (χ0v) is 37.3. The molecule has 0 saturated heterocycles. The van der Waals surface area contributed by atoms with Crippen molar-refractivity contribution in [3.8, 4) is 0 Å². The summed E-state index contributed by atoms with van der Waals surface area (Å²) in [6.45, 7) is 8.17. The lowest BCUT2D eigenvalue weighted by Crippen LogP contribution is -2.34. The Hall–Kier alpha value is -0.850. The molecule has 0 aliphatic heterocycles. The van der Waals surface area contributed by atoms with Crippen molar-refractivity contribution >= 4 is 0 Å². The van der Waals surface area contributed by atoms with Gasteiger partial charge in [-0.2, -0.15) is 0 Å². The van der Waals surface area contributed by atoms with Gasteiger partial charge in [-0.25, -0.2) is 4.57 Å². The predicted molar refractivity (Wildman–Crippen MR) is 240 cm³/mol. The highest BCUT2D eigenvalue weighted by Gasteiger charge is 2.09. The topological polar surface area (TPSA) is 3.88 Å². The van der Waals surface area contributed by atoms with Crippen LogP contribution in [0.25, 0.3) is 0 Å². The van der Waals surface area contributed by atoms with Crippen molar-refractivity contribution in [2.24, 2.45) is 0 Å². The predicted octanol–water partition coefficient (Wildman–Crippen LogP) is 18.1. The number of nitrogens with zero attached hydrogens (tertiary/aromatic N) is 1. The van der Waals surface area contributed by atoms with Gasteiger partial charge < -0.3 is 0 Å². The average Bonchev–Trinajstić information content (AvgIpc) is 3.17. The van der Waals surface area contributed by atoms with Crippen LogP contribution in [0.5, 0.6) is 0 Å². The van der Waals surface area contributed by atoms with Crippen LogP contribution in [-0.2, 0) is 19.4 Å². The maximum Gasteiger partial charge on any atom is 0.171 e. The number of pyridine rings is 1. The molecule has 0 amide bonds. The molecule has 0 atom stereocenters. The van der Waals surface area contributed by atoms with E-state index in [-0.39, 0.29) is 0 Å². The lowest BCUT2D eigenvalue weighted by molar-refractivity contribution is -0.698. The number of hydrogen-bond acceptors (Lipinski definition) is 0. The number of aryl methyl sites for hydroxylation is 3. The maximum absolute atomic E-state index is 2.59. The minimum atomic E-state index is 1.22. The Morgan fingerprint density at radius 1 is 0.264 bits per heavy atom. The highest BCUT2D eigenvalue weighted by atomic mass is 14.9. The molecule has 0 unspecified atom stereocenters. The van der Waals surface area contributed by atoms with Crippen molar-refractivity contribution in [2.75, 3.05) is 0 Å². The molecule has 1 rings (SSSR count). The van der Waals surface area contributed by atoms with E-state index < -0.39 is 0 Å². The van der Waals surface area contributed by atoms with E-state index in [0.717, 1.165) is 0 Å². The van der Waals surface area contributed by atoms with Crippen LogP contribution < -0.4 is 4.57 Å². The summed E-state index contributed by atoms with van der Waals surface area (Å²) in [5.41, 5.74) is 3.22. The van der Waals surface area contributed by atoms with Crippen molar-refractivity contribution in [3.05, 3.63) is 29.6 Å². The van der Waals surface area contributed by atoms with Gasteiger partial charge in [-0.1, -0.05) is 258 Å². The van der Waals surface area contributed by atoms with E-state index in [1.165, 1.54) is 283 Å². The first-order chi connectivity index (χ1) is 26.3. The Bertz CT molecular complexity index is 782. The highest BCUT2D eigenvalue weighted by Crippen LogP contribution is 2.17.